The summed E-state index contributed by atoms with van der Waals surface area (Å²) in [6.07, 6.45) is 0. The van der Waals surface area contributed by atoms with E-state index in [9.17, 15) is 13.2 Å². The molecule has 0 aliphatic heterocycles. The number of fused-ring (bicyclic) bond motifs is 1. The maximum absolute atomic E-state index is 12.5. The predicted octanol–water partition coefficient (Wildman–Crippen LogP) is 2.81. The van der Waals surface area contributed by atoms with Crippen LogP contribution < -0.4 is 10.5 Å². The van der Waals surface area contributed by atoms with E-state index < -0.39 is 21.8 Å². The van der Waals surface area contributed by atoms with Crippen molar-refractivity contribution in [2.24, 2.45) is 0 Å². The van der Waals surface area contributed by atoms with Crippen LogP contribution in [0.15, 0.2) is 56.6 Å². The van der Waals surface area contributed by atoms with Gasteiger partial charge in [0.25, 0.3) is 0 Å². The number of halogens is 1. The Morgan fingerprint density at radius 1 is 1.17 bits per heavy atom. The van der Waals surface area contributed by atoms with Gasteiger partial charge >= 0.3 is 5.76 Å². The maximum atomic E-state index is 12.5. The summed E-state index contributed by atoms with van der Waals surface area (Å²) in [6.45, 7) is 1.73. The molecule has 3 rings (SSSR count). The van der Waals surface area contributed by atoms with Gasteiger partial charge in [0.05, 0.1) is 10.4 Å². The monoisotopic (exact) mass is 352 g/mol. The number of aromatic amines is 1. The largest absolute Gasteiger partial charge is 0.417 e. The molecule has 0 aliphatic rings. The third-order valence-corrected chi connectivity index (χ3v) is 5.20. The number of benzene rings is 2. The molecule has 8 heteroatoms. The van der Waals surface area contributed by atoms with E-state index in [2.05, 4.69) is 9.71 Å². The second-order valence-corrected chi connectivity index (χ2v) is 7.22. The van der Waals surface area contributed by atoms with Crippen LogP contribution in [-0.2, 0) is 10.0 Å². The lowest BCUT2D eigenvalue weighted by Gasteiger charge is -2.14. The summed E-state index contributed by atoms with van der Waals surface area (Å²) in [6, 6.07) is 10.7. The zero-order chi connectivity index (χ0) is 16.6. The van der Waals surface area contributed by atoms with Gasteiger partial charge in [-0.2, -0.15) is 0 Å². The molecular weight excluding hydrogens is 340 g/mol. The summed E-state index contributed by atoms with van der Waals surface area (Å²) in [7, 11) is -3.76. The number of hydrogen-bond acceptors (Lipinski definition) is 4. The second kappa shape index (κ2) is 5.84. The molecule has 0 unspecified atom stereocenters. The number of oxazole rings is 1. The summed E-state index contributed by atoms with van der Waals surface area (Å²) in [4.78, 5) is 13.6. The third-order valence-electron chi connectivity index (χ3n) is 3.40. The molecule has 0 saturated carbocycles. The first-order chi connectivity index (χ1) is 10.8. The van der Waals surface area contributed by atoms with Crippen LogP contribution in [0.2, 0.25) is 5.02 Å². The van der Waals surface area contributed by atoms with Gasteiger partial charge in [0.2, 0.25) is 10.0 Å². The van der Waals surface area contributed by atoms with Crippen LogP contribution in [0.25, 0.3) is 11.1 Å². The van der Waals surface area contributed by atoms with E-state index in [-0.39, 0.29) is 10.5 Å². The standard InChI is InChI=1S/C15H13ClN2O4S/c1-9(10-2-4-11(16)5-3-10)18-23(20,21)12-6-7-13-14(8-12)22-15(19)17-13/h2-9,18H,1H3,(H,17,19)/t9-/m1/s1. The minimum absolute atomic E-state index is 0.0218. The Bertz CT molecular complexity index is 1010. The van der Waals surface area contributed by atoms with Gasteiger partial charge < -0.3 is 4.42 Å². The van der Waals surface area contributed by atoms with Crippen molar-refractivity contribution in [1.29, 1.82) is 0 Å². The fourth-order valence-corrected chi connectivity index (χ4v) is 3.59. The molecule has 3 aromatic rings. The molecule has 6 nitrogen and oxygen atoms in total. The summed E-state index contributed by atoms with van der Waals surface area (Å²) in [5, 5.41) is 0.580. The Morgan fingerprint density at radius 2 is 1.87 bits per heavy atom. The topological polar surface area (TPSA) is 92.2 Å². The molecule has 0 amide bonds. The van der Waals surface area contributed by atoms with Gasteiger partial charge in [-0.3, -0.25) is 4.98 Å². The minimum atomic E-state index is -3.76. The number of H-pyrrole nitrogens is 1. The van der Waals surface area contributed by atoms with E-state index in [0.29, 0.717) is 10.5 Å². The van der Waals surface area contributed by atoms with Gasteiger partial charge in [0.1, 0.15) is 0 Å². The van der Waals surface area contributed by atoms with Gasteiger partial charge in [-0.15, -0.1) is 0 Å². The highest BCUT2D eigenvalue weighted by Crippen LogP contribution is 2.21. The molecule has 1 atom stereocenters. The lowest BCUT2D eigenvalue weighted by atomic mass is 10.1. The number of sulfonamides is 1. The van der Waals surface area contributed by atoms with Gasteiger partial charge in [-0.05, 0) is 36.8 Å². The molecule has 0 radical (unpaired) electrons. The Morgan fingerprint density at radius 3 is 2.57 bits per heavy atom. The second-order valence-electron chi connectivity index (χ2n) is 5.07. The van der Waals surface area contributed by atoms with Crippen molar-refractivity contribution in [3.8, 4) is 0 Å². The lowest BCUT2D eigenvalue weighted by molar-refractivity contribution is 0.552. The van der Waals surface area contributed by atoms with Crippen molar-refractivity contribution >= 4 is 32.7 Å². The van der Waals surface area contributed by atoms with Crippen molar-refractivity contribution in [3.63, 3.8) is 0 Å². The highest BCUT2D eigenvalue weighted by Gasteiger charge is 2.19. The molecule has 0 fully saturated rings. The van der Waals surface area contributed by atoms with Gasteiger partial charge in [0, 0.05) is 17.1 Å². The summed E-state index contributed by atoms with van der Waals surface area (Å²) < 4.78 is 32.4. The van der Waals surface area contributed by atoms with Crippen molar-refractivity contribution < 1.29 is 12.8 Å². The number of hydrogen-bond donors (Lipinski definition) is 2. The molecule has 1 aromatic heterocycles. The molecule has 0 saturated heterocycles. The number of rotatable bonds is 4. The van der Waals surface area contributed by atoms with Crippen molar-refractivity contribution in [2.45, 2.75) is 17.9 Å². The Kier molecular flexibility index (Phi) is 4.01. The Hall–Kier alpha value is -2.09. The van der Waals surface area contributed by atoms with Gasteiger partial charge in [-0.1, -0.05) is 23.7 Å². The van der Waals surface area contributed by atoms with Crippen LogP contribution in [0.1, 0.15) is 18.5 Å². The number of aromatic nitrogens is 1. The predicted molar refractivity (Wildman–Crippen MR) is 87.0 cm³/mol. The van der Waals surface area contributed by atoms with Crippen molar-refractivity contribution in [3.05, 3.63) is 63.6 Å². The molecule has 1 heterocycles. The smallest absolute Gasteiger partial charge is 0.408 e. The van der Waals surface area contributed by atoms with Crippen LogP contribution in [0, 0.1) is 0 Å². The third kappa shape index (κ3) is 3.31. The van der Waals surface area contributed by atoms with E-state index in [0.717, 1.165) is 5.56 Å². The SMILES string of the molecule is C[C@@H](NS(=O)(=O)c1ccc2[nH]c(=O)oc2c1)c1ccc(Cl)cc1. The highest BCUT2D eigenvalue weighted by atomic mass is 35.5. The number of nitrogens with one attached hydrogen (secondary N) is 2. The maximum Gasteiger partial charge on any atom is 0.417 e. The van der Waals surface area contributed by atoms with E-state index in [1.54, 1.807) is 31.2 Å². The average Bonchev–Trinajstić information content (AvgIpc) is 2.86. The van der Waals surface area contributed by atoms with Crippen LogP contribution >= 0.6 is 11.6 Å². The molecule has 2 aromatic carbocycles. The first kappa shape index (κ1) is 15.8. The van der Waals surface area contributed by atoms with Gasteiger partial charge in [-0.25, -0.2) is 17.9 Å². The first-order valence-corrected chi connectivity index (χ1v) is 8.62. The van der Waals surface area contributed by atoms with Crippen LogP contribution in [-0.4, -0.2) is 13.4 Å². The zero-order valence-electron chi connectivity index (χ0n) is 12.0. The molecule has 2 N–H and O–H groups in total. The fraction of sp³-hybridized carbons (Fsp3) is 0.133. The molecule has 120 valence electrons. The highest BCUT2D eigenvalue weighted by molar-refractivity contribution is 7.89. The Labute approximate surface area is 137 Å². The normalized spacial score (nSPS) is 13.3. The van der Waals surface area contributed by atoms with E-state index in [4.69, 9.17) is 16.0 Å². The molecule has 0 bridgehead atoms. The molecular formula is C15H13ClN2O4S. The van der Waals surface area contributed by atoms with E-state index >= 15 is 0 Å². The molecule has 0 aliphatic carbocycles. The van der Waals surface area contributed by atoms with E-state index in [1.807, 2.05) is 0 Å². The van der Waals surface area contributed by atoms with Gasteiger partial charge in [0.15, 0.2) is 5.58 Å². The zero-order valence-corrected chi connectivity index (χ0v) is 13.6. The summed E-state index contributed by atoms with van der Waals surface area (Å²) >= 11 is 5.83. The first-order valence-electron chi connectivity index (χ1n) is 6.76. The van der Waals surface area contributed by atoms with Crippen molar-refractivity contribution in [1.82, 2.24) is 9.71 Å². The van der Waals surface area contributed by atoms with E-state index in [1.165, 1.54) is 18.2 Å². The Balaban J connectivity index is 1.90. The van der Waals surface area contributed by atoms with Crippen molar-refractivity contribution in [2.75, 3.05) is 0 Å². The summed E-state index contributed by atoms with van der Waals surface area (Å²) in [5.74, 6) is -0.628. The quantitative estimate of drug-likeness (QED) is 0.755. The fourth-order valence-electron chi connectivity index (χ4n) is 2.21. The molecule has 0 spiro atoms. The van der Waals surface area contributed by atoms with Crippen LogP contribution in [0.3, 0.4) is 0 Å². The van der Waals surface area contributed by atoms with Crippen LogP contribution in [0.5, 0.6) is 0 Å². The minimum Gasteiger partial charge on any atom is -0.408 e. The lowest BCUT2D eigenvalue weighted by Crippen LogP contribution is -2.26. The molecule has 23 heavy (non-hydrogen) atoms. The average molecular weight is 353 g/mol. The van der Waals surface area contributed by atoms with Crippen LogP contribution in [0.4, 0.5) is 0 Å². The summed E-state index contributed by atoms with van der Waals surface area (Å²) in [5.41, 5.74) is 1.42.